The highest BCUT2D eigenvalue weighted by Crippen LogP contribution is 2.36. The van der Waals surface area contributed by atoms with E-state index in [0.717, 1.165) is 18.1 Å². The lowest BCUT2D eigenvalue weighted by molar-refractivity contribution is -0.122. The number of hydrogen-bond acceptors (Lipinski definition) is 3. The molecule has 0 aromatic rings. The number of rotatable bonds is 7. The average Bonchev–Trinajstić information content (AvgIpc) is 2.35. The summed E-state index contributed by atoms with van der Waals surface area (Å²) in [5, 5.41) is 3.75. The summed E-state index contributed by atoms with van der Waals surface area (Å²) in [5.41, 5.74) is 0. The molecule has 106 valence electrons. The zero-order valence-electron chi connectivity index (χ0n) is 12.0. The quantitative estimate of drug-likeness (QED) is 0.725. The molecule has 0 saturated heterocycles. The molecule has 0 aromatic carbocycles. The van der Waals surface area contributed by atoms with Crippen LogP contribution in [-0.4, -0.2) is 34.0 Å². The highest BCUT2D eigenvalue weighted by Gasteiger charge is 2.31. The molecule has 0 atom stereocenters. The Balaban J connectivity index is 2.29. The van der Waals surface area contributed by atoms with Crippen molar-refractivity contribution >= 4 is 29.4 Å². The van der Waals surface area contributed by atoms with Gasteiger partial charge in [-0.05, 0) is 32.4 Å². The SMILES string of the molecule is CCSCCNC(=O)C(C)(C)SC1CCCCC1. The molecule has 18 heavy (non-hydrogen) atoms. The molecule has 0 radical (unpaired) electrons. The number of carbonyl (C=O) groups excluding carboxylic acids is 1. The summed E-state index contributed by atoms with van der Waals surface area (Å²) in [4.78, 5) is 12.2. The van der Waals surface area contributed by atoms with Crippen LogP contribution in [0.25, 0.3) is 0 Å². The highest BCUT2D eigenvalue weighted by atomic mass is 32.2. The minimum absolute atomic E-state index is 0.203. The van der Waals surface area contributed by atoms with Crippen molar-refractivity contribution in [2.24, 2.45) is 0 Å². The van der Waals surface area contributed by atoms with Gasteiger partial charge in [-0.25, -0.2) is 0 Å². The van der Waals surface area contributed by atoms with Crippen molar-refractivity contribution in [1.29, 1.82) is 0 Å². The Labute approximate surface area is 120 Å². The third-order valence-corrected chi connectivity index (χ3v) is 5.78. The molecule has 0 unspecified atom stereocenters. The van der Waals surface area contributed by atoms with Crippen LogP contribution in [0.5, 0.6) is 0 Å². The maximum atomic E-state index is 12.2. The zero-order valence-corrected chi connectivity index (χ0v) is 13.6. The fourth-order valence-electron chi connectivity index (χ4n) is 2.25. The molecule has 0 aromatic heterocycles. The highest BCUT2D eigenvalue weighted by molar-refractivity contribution is 8.02. The van der Waals surface area contributed by atoms with Crippen molar-refractivity contribution in [2.75, 3.05) is 18.1 Å². The number of carbonyl (C=O) groups is 1. The molecule has 1 rings (SSSR count). The molecule has 0 aliphatic heterocycles. The topological polar surface area (TPSA) is 29.1 Å². The first-order chi connectivity index (χ1) is 8.56. The lowest BCUT2D eigenvalue weighted by Gasteiger charge is -2.30. The fraction of sp³-hybridized carbons (Fsp3) is 0.929. The monoisotopic (exact) mass is 289 g/mol. The second kappa shape index (κ2) is 8.36. The van der Waals surface area contributed by atoms with Crippen LogP contribution in [0, 0.1) is 0 Å². The van der Waals surface area contributed by atoms with Crippen LogP contribution in [-0.2, 0) is 4.79 Å². The summed E-state index contributed by atoms with van der Waals surface area (Å²) >= 11 is 3.75. The molecule has 1 aliphatic carbocycles. The van der Waals surface area contributed by atoms with Gasteiger partial charge in [0.05, 0.1) is 4.75 Å². The van der Waals surface area contributed by atoms with E-state index < -0.39 is 0 Å². The summed E-state index contributed by atoms with van der Waals surface area (Å²) in [6.45, 7) is 7.07. The molecule has 4 heteroatoms. The Kier molecular flexibility index (Phi) is 7.54. The van der Waals surface area contributed by atoms with E-state index in [1.807, 2.05) is 23.5 Å². The van der Waals surface area contributed by atoms with E-state index in [9.17, 15) is 4.79 Å². The van der Waals surface area contributed by atoms with E-state index in [-0.39, 0.29) is 10.7 Å². The van der Waals surface area contributed by atoms with Gasteiger partial charge in [-0.2, -0.15) is 11.8 Å². The molecule has 1 saturated carbocycles. The first kappa shape index (κ1) is 16.2. The van der Waals surface area contributed by atoms with Gasteiger partial charge in [0.15, 0.2) is 0 Å². The van der Waals surface area contributed by atoms with Crippen LogP contribution in [0.4, 0.5) is 0 Å². The number of amides is 1. The predicted octanol–water partition coefficient (Wildman–Crippen LogP) is 3.70. The summed E-state index contributed by atoms with van der Waals surface area (Å²) < 4.78 is -0.279. The van der Waals surface area contributed by atoms with Crippen molar-refractivity contribution in [1.82, 2.24) is 5.32 Å². The molecule has 1 fully saturated rings. The lowest BCUT2D eigenvalue weighted by Crippen LogP contribution is -2.42. The maximum Gasteiger partial charge on any atom is 0.235 e. The van der Waals surface area contributed by atoms with Gasteiger partial charge in [-0.15, -0.1) is 11.8 Å². The molecule has 0 heterocycles. The molecular formula is C14H27NOS2. The normalized spacial score (nSPS) is 17.7. The molecule has 0 bridgehead atoms. The molecule has 1 aliphatic rings. The average molecular weight is 290 g/mol. The fourth-order valence-corrected chi connectivity index (χ4v) is 4.36. The Morgan fingerprint density at radius 1 is 1.28 bits per heavy atom. The Bertz CT molecular complexity index is 250. The zero-order chi connectivity index (χ0) is 13.4. The van der Waals surface area contributed by atoms with Crippen molar-refractivity contribution in [3.8, 4) is 0 Å². The lowest BCUT2D eigenvalue weighted by atomic mass is 10.0. The van der Waals surface area contributed by atoms with Gasteiger partial charge in [0, 0.05) is 17.5 Å². The van der Waals surface area contributed by atoms with E-state index in [4.69, 9.17) is 0 Å². The minimum atomic E-state index is -0.279. The number of nitrogens with one attached hydrogen (secondary N) is 1. The smallest absolute Gasteiger partial charge is 0.235 e. The van der Waals surface area contributed by atoms with Crippen LogP contribution in [0.3, 0.4) is 0 Å². The van der Waals surface area contributed by atoms with Crippen LogP contribution >= 0.6 is 23.5 Å². The van der Waals surface area contributed by atoms with Gasteiger partial charge in [-0.1, -0.05) is 26.2 Å². The van der Waals surface area contributed by atoms with Crippen molar-refractivity contribution in [3.05, 3.63) is 0 Å². The van der Waals surface area contributed by atoms with E-state index >= 15 is 0 Å². The van der Waals surface area contributed by atoms with Crippen LogP contribution in [0.15, 0.2) is 0 Å². The van der Waals surface area contributed by atoms with Gasteiger partial charge in [0.1, 0.15) is 0 Å². The third-order valence-electron chi connectivity index (χ3n) is 3.30. The Hall–Kier alpha value is 0.170. The van der Waals surface area contributed by atoms with E-state index in [1.165, 1.54) is 32.1 Å². The number of thioether (sulfide) groups is 2. The van der Waals surface area contributed by atoms with Crippen LogP contribution in [0.2, 0.25) is 0 Å². The summed E-state index contributed by atoms with van der Waals surface area (Å²) in [6, 6.07) is 0. The summed E-state index contributed by atoms with van der Waals surface area (Å²) in [7, 11) is 0. The van der Waals surface area contributed by atoms with Crippen LogP contribution < -0.4 is 5.32 Å². The summed E-state index contributed by atoms with van der Waals surface area (Å²) in [6.07, 6.45) is 6.61. The van der Waals surface area contributed by atoms with E-state index in [1.54, 1.807) is 0 Å². The summed E-state index contributed by atoms with van der Waals surface area (Å²) in [5.74, 6) is 2.34. The van der Waals surface area contributed by atoms with Crippen LogP contribution in [0.1, 0.15) is 52.9 Å². The standard InChI is InChI=1S/C14H27NOS2/c1-4-17-11-10-15-13(16)14(2,3)18-12-8-6-5-7-9-12/h12H,4-11H2,1-3H3,(H,15,16). The second-order valence-electron chi connectivity index (χ2n) is 5.34. The largest absolute Gasteiger partial charge is 0.354 e. The van der Waals surface area contributed by atoms with E-state index in [0.29, 0.717) is 5.25 Å². The van der Waals surface area contributed by atoms with Gasteiger partial charge in [0.25, 0.3) is 0 Å². The first-order valence-corrected chi connectivity index (χ1v) is 9.13. The Morgan fingerprint density at radius 2 is 1.94 bits per heavy atom. The van der Waals surface area contributed by atoms with Gasteiger partial charge in [0.2, 0.25) is 5.91 Å². The predicted molar refractivity (Wildman–Crippen MR) is 84.6 cm³/mol. The second-order valence-corrected chi connectivity index (χ2v) is 8.66. The van der Waals surface area contributed by atoms with Gasteiger partial charge in [-0.3, -0.25) is 4.79 Å². The molecule has 2 nitrogen and oxygen atoms in total. The maximum absolute atomic E-state index is 12.2. The molecule has 1 amide bonds. The molecular weight excluding hydrogens is 262 g/mol. The van der Waals surface area contributed by atoms with Crippen molar-refractivity contribution < 1.29 is 4.79 Å². The third kappa shape index (κ3) is 5.87. The van der Waals surface area contributed by atoms with Gasteiger partial charge < -0.3 is 5.32 Å². The molecule has 0 spiro atoms. The number of hydrogen-bond donors (Lipinski definition) is 1. The van der Waals surface area contributed by atoms with Gasteiger partial charge >= 0.3 is 0 Å². The van der Waals surface area contributed by atoms with Crippen molar-refractivity contribution in [3.63, 3.8) is 0 Å². The van der Waals surface area contributed by atoms with E-state index in [2.05, 4.69) is 26.1 Å². The van der Waals surface area contributed by atoms with Crippen molar-refractivity contribution in [2.45, 2.75) is 62.9 Å². The minimum Gasteiger partial charge on any atom is -0.354 e. The molecule has 1 N–H and O–H groups in total. The Morgan fingerprint density at radius 3 is 2.56 bits per heavy atom. The first-order valence-electron chi connectivity index (χ1n) is 7.10.